The van der Waals surface area contributed by atoms with Crippen LogP contribution in [0.5, 0.6) is 11.5 Å². The molecule has 7 nitrogen and oxygen atoms in total. The molecule has 1 aromatic carbocycles. The van der Waals surface area contributed by atoms with Crippen LogP contribution in [0.4, 0.5) is 0 Å². The predicted octanol–water partition coefficient (Wildman–Crippen LogP) is 4.88. The molecular weight excluding hydrogens is 444 g/mol. The number of Topliss-reactive ketones (excluding diaryl/α,β-unsaturated/α-hetero) is 1. The SMILES string of the molecule is CC[C@@H]1CC[C@@H](c2cc[nH]c2)[C@H]([C@H](CC(=O)CCc2cc(OC)c(O)cc2CNC)OC(C)=O)C1. The van der Waals surface area contributed by atoms with Crippen molar-refractivity contribution < 1.29 is 24.2 Å². The second-order valence-corrected chi connectivity index (χ2v) is 9.72. The zero-order valence-corrected chi connectivity index (χ0v) is 21.4. The van der Waals surface area contributed by atoms with Crippen molar-refractivity contribution in [1.29, 1.82) is 0 Å². The number of hydrogen-bond donors (Lipinski definition) is 3. The predicted molar refractivity (Wildman–Crippen MR) is 136 cm³/mol. The molecule has 3 N–H and O–H groups in total. The molecule has 0 saturated heterocycles. The number of hydrogen-bond acceptors (Lipinski definition) is 6. The van der Waals surface area contributed by atoms with E-state index in [2.05, 4.69) is 23.3 Å². The van der Waals surface area contributed by atoms with Crippen LogP contribution in [0.1, 0.15) is 75.0 Å². The van der Waals surface area contributed by atoms with Gasteiger partial charge in [0.2, 0.25) is 0 Å². The van der Waals surface area contributed by atoms with Crippen molar-refractivity contribution in [2.75, 3.05) is 14.2 Å². The zero-order chi connectivity index (χ0) is 25.4. The summed E-state index contributed by atoms with van der Waals surface area (Å²) in [4.78, 5) is 28.4. The van der Waals surface area contributed by atoms with Gasteiger partial charge in [0.05, 0.1) is 7.11 Å². The van der Waals surface area contributed by atoms with Gasteiger partial charge in [-0.25, -0.2) is 0 Å². The van der Waals surface area contributed by atoms with Gasteiger partial charge >= 0.3 is 5.97 Å². The molecule has 0 unspecified atom stereocenters. The summed E-state index contributed by atoms with van der Waals surface area (Å²) in [6.07, 6.45) is 8.85. The quantitative estimate of drug-likeness (QED) is 0.371. The number of H-pyrrole nitrogens is 1. The average molecular weight is 485 g/mol. The van der Waals surface area contributed by atoms with Gasteiger partial charge in [0.15, 0.2) is 11.5 Å². The lowest BCUT2D eigenvalue weighted by atomic mass is 9.68. The normalized spacial score (nSPS) is 20.9. The van der Waals surface area contributed by atoms with E-state index in [1.165, 1.54) is 19.6 Å². The van der Waals surface area contributed by atoms with Crippen LogP contribution in [-0.4, -0.2) is 42.1 Å². The third kappa shape index (κ3) is 7.10. The van der Waals surface area contributed by atoms with Crippen LogP contribution in [0.3, 0.4) is 0 Å². The number of aromatic hydroxyl groups is 1. The molecule has 1 saturated carbocycles. The fourth-order valence-electron chi connectivity index (χ4n) is 5.56. The van der Waals surface area contributed by atoms with Gasteiger partial charge in [-0.2, -0.15) is 0 Å². The molecule has 1 heterocycles. The second kappa shape index (κ2) is 12.8. The van der Waals surface area contributed by atoms with Gasteiger partial charge in [-0.3, -0.25) is 9.59 Å². The number of esters is 1. The number of ketones is 1. The molecular formula is C28H40N2O5. The number of phenolic OH excluding ortho intramolecular Hbond substituents is 1. The Bertz CT molecular complexity index is 972. The van der Waals surface area contributed by atoms with Crippen molar-refractivity contribution in [2.24, 2.45) is 11.8 Å². The number of aromatic nitrogens is 1. The number of phenols is 1. The summed E-state index contributed by atoms with van der Waals surface area (Å²) in [6, 6.07) is 5.58. The van der Waals surface area contributed by atoms with Gasteiger partial charge in [-0.05, 0) is 79.5 Å². The van der Waals surface area contributed by atoms with E-state index in [4.69, 9.17) is 9.47 Å². The summed E-state index contributed by atoms with van der Waals surface area (Å²) in [6.45, 7) is 4.21. The number of aromatic amines is 1. The van der Waals surface area contributed by atoms with E-state index in [1.807, 2.05) is 19.4 Å². The van der Waals surface area contributed by atoms with Gasteiger partial charge in [0.1, 0.15) is 11.9 Å². The molecule has 1 aliphatic carbocycles. The van der Waals surface area contributed by atoms with E-state index in [9.17, 15) is 14.7 Å². The first-order valence-electron chi connectivity index (χ1n) is 12.7. The highest BCUT2D eigenvalue weighted by Gasteiger charge is 2.38. The van der Waals surface area contributed by atoms with E-state index >= 15 is 0 Å². The number of benzene rings is 1. The summed E-state index contributed by atoms with van der Waals surface area (Å²) in [7, 11) is 3.36. The first-order valence-corrected chi connectivity index (χ1v) is 12.7. The molecule has 0 aliphatic heterocycles. The highest BCUT2D eigenvalue weighted by Crippen LogP contribution is 2.44. The first-order chi connectivity index (χ1) is 16.9. The molecule has 0 radical (unpaired) electrons. The molecule has 2 aromatic rings. The molecule has 35 heavy (non-hydrogen) atoms. The Kier molecular flexibility index (Phi) is 9.78. The highest BCUT2D eigenvalue weighted by molar-refractivity contribution is 5.79. The average Bonchev–Trinajstić information content (AvgIpc) is 3.37. The third-order valence-corrected chi connectivity index (χ3v) is 7.40. The highest BCUT2D eigenvalue weighted by atomic mass is 16.5. The Balaban J connectivity index is 1.75. The lowest BCUT2D eigenvalue weighted by molar-refractivity contribution is -0.152. The van der Waals surface area contributed by atoms with Crippen molar-refractivity contribution in [3.8, 4) is 11.5 Å². The molecule has 7 heteroatoms. The molecule has 0 bridgehead atoms. The monoisotopic (exact) mass is 484 g/mol. The summed E-state index contributed by atoms with van der Waals surface area (Å²) in [5.74, 6) is 1.18. The van der Waals surface area contributed by atoms with E-state index in [1.54, 1.807) is 12.1 Å². The van der Waals surface area contributed by atoms with Crippen LogP contribution in [-0.2, 0) is 27.3 Å². The fourth-order valence-corrected chi connectivity index (χ4v) is 5.56. The van der Waals surface area contributed by atoms with Gasteiger partial charge in [-0.1, -0.05) is 13.3 Å². The maximum absolute atomic E-state index is 13.2. The number of rotatable bonds is 12. The largest absolute Gasteiger partial charge is 0.504 e. The topological polar surface area (TPSA) is 101 Å². The first kappa shape index (κ1) is 26.8. The van der Waals surface area contributed by atoms with Crippen molar-refractivity contribution in [1.82, 2.24) is 10.3 Å². The van der Waals surface area contributed by atoms with Gasteiger partial charge < -0.3 is 24.9 Å². The van der Waals surface area contributed by atoms with Crippen molar-refractivity contribution in [3.63, 3.8) is 0 Å². The van der Waals surface area contributed by atoms with E-state index in [-0.39, 0.29) is 35.8 Å². The lowest BCUT2D eigenvalue weighted by Gasteiger charge is -2.39. The van der Waals surface area contributed by atoms with Gasteiger partial charge in [0.25, 0.3) is 0 Å². The Morgan fingerprint density at radius 1 is 1.26 bits per heavy atom. The van der Waals surface area contributed by atoms with E-state index in [0.717, 1.165) is 36.8 Å². The molecule has 192 valence electrons. The van der Waals surface area contributed by atoms with E-state index in [0.29, 0.717) is 31.1 Å². The standard InChI is InChI=1S/C28H40N2O5/c1-5-19-6-9-24(21-10-11-30-17-21)25(12-19)27(35-18(2)31)15-23(32)8-7-20-14-28(34-4)26(33)13-22(20)16-29-3/h10-11,13-14,17,19,24-25,27,29-30,33H,5-9,12,15-16H2,1-4H3/t19-,24+,25-,27+/m1/s1. The zero-order valence-electron chi connectivity index (χ0n) is 21.4. The minimum atomic E-state index is -0.430. The van der Waals surface area contributed by atoms with Crippen LogP contribution < -0.4 is 10.1 Å². The van der Waals surface area contributed by atoms with Crippen molar-refractivity contribution >= 4 is 11.8 Å². The molecule has 1 fully saturated rings. The van der Waals surface area contributed by atoms with Crippen molar-refractivity contribution in [2.45, 2.75) is 77.4 Å². The molecule has 0 amide bonds. The second-order valence-electron chi connectivity index (χ2n) is 9.72. The molecule has 1 aliphatic rings. The minimum Gasteiger partial charge on any atom is -0.504 e. The van der Waals surface area contributed by atoms with Crippen LogP contribution in [0.2, 0.25) is 0 Å². The number of methoxy groups -OCH3 is 1. The smallest absolute Gasteiger partial charge is 0.302 e. The van der Waals surface area contributed by atoms with Crippen LogP contribution >= 0.6 is 0 Å². The van der Waals surface area contributed by atoms with Crippen LogP contribution in [0.25, 0.3) is 0 Å². The number of ether oxygens (including phenoxy) is 2. The van der Waals surface area contributed by atoms with Crippen molar-refractivity contribution in [3.05, 3.63) is 47.3 Å². The molecule has 1 aromatic heterocycles. The number of carbonyl (C=O) groups excluding carboxylic acids is 2. The number of carbonyl (C=O) groups is 2. The molecule has 0 spiro atoms. The number of nitrogens with one attached hydrogen (secondary N) is 2. The van der Waals surface area contributed by atoms with E-state index < -0.39 is 6.10 Å². The third-order valence-electron chi connectivity index (χ3n) is 7.40. The summed E-state index contributed by atoms with van der Waals surface area (Å²) in [5.41, 5.74) is 3.11. The Labute approximate surface area is 208 Å². The Morgan fingerprint density at radius 3 is 2.69 bits per heavy atom. The maximum Gasteiger partial charge on any atom is 0.302 e. The Morgan fingerprint density at radius 2 is 2.06 bits per heavy atom. The minimum absolute atomic E-state index is 0.0742. The van der Waals surface area contributed by atoms with Crippen LogP contribution in [0.15, 0.2) is 30.6 Å². The molecule has 3 rings (SSSR count). The lowest BCUT2D eigenvalue weighted by Crippen LogP contribution is -2.37. The number of aryl methyl sites for hydroxylation is 1. The summed E-state index contributed by atoms with van der Waals surface area (Å²) in [5, 5.41) is 13.2. The maximum atomic E-state index is 13.2. The summed E-state index contributed by atoms with van der Waals surface area (Å²) < 4.78 is 11.1. The Hall–Kier alpha value is -2.80. The van der Waals surface area contributed by atoms with Gasteiger partial charge in [-0.15, -0.1) is 0 Å². The van der Waals surface area contributed by atoms with Gasteiger partial charge in [0, 0.05) is 44.6 Å². The molecule has 4 atom stereocenters. The summed E-state index contributed by atoms with van der Waals surface area (Å²) >= 11 is 0. The van der Waals surface area contributed by atoms with Crippen LogP contribution in [0, 0.1) is 11.8 Å². The fraction of sp³-hybridized carbons (Fsp3) is 0.571.